The lowest BCUT2D eigenvalue weighted by molar-refractivity contribution is 0.143. The molecule has 0 amide bonds. The molecule has 1 aliphatic carbocycles. The third-order valence-corrected chi connectivity index (χ3v) is 6.20. The van der Waals surface area contributed by atoms with Crippen LogP contribution in [0, 0.1) is 17.8 Å². The normalized spacial score (nSPS) is 19.7. The Morgan fingerprint density at radius 2 is 2.20 bits per heavy atom. The van der Waals surface area contributed by atoms with E-state index in [-0.39, 0.29) is 11.9 Å². The fourth-order valence-corrected chi connectivity index (χ4v) is 4.46. The lowest BCUT2D eigenvalue weighted by Crippen LogP contribution is -2.43. The quantitative estimate of drug-likeness (QED) is 0.475. The average Bonchev–Trinajstić information content (AvgIpc) is 3.43. The number of anilines is 1. The Kier molecular flexibility index (Phi) is 6.05. The Morgan fingerprint density at radius 3 is 2.94 bits per heavy atom. The van der Waals surface area contributed by atoms with E-state index < -0.39 is 5.60 Å². The number of pyridine rings is 1. The van der Waals surface area contributed by atoms with Gasteiger partial charge in [-0.25, -0.2) is 14.6 Å². The number of hydrogen-bond donors (Lipinski definition) is 3. The number of allylic oxidation sites excluding steroid dienone is 3. The number of rotatable bonds is 5. The Morgan fingerprint density at radius 1 is 1.34 bits per heavy atom. The van der Waals surface area contributed by atoms with Crippen LogP contribution in [0.5, 0.6) is 5.88 Å². The molecule has 1 aliphatic heterocycles. The van der Waals surface area contributed by atoms with Gasteiger partial charge in [-0.2, -0.15) is 0 Å². The maximum atomic E-state index is 10.2. The molecule has 182 valence electrons. The summed E-state index contributed by atoms with van der Waals surface area (Å²) in [6.45, 7) is 7.23. The number of nitrogen functional groups attached to an aromatic ring is 1. The second-order valence-electron chi connectivity index (χ2n) is 9.39. The van der Waals surface area contributed by atoms with Crippen LogP contribution in [-0.4, -0.2) is 54.7 Å². The highest BCUT2D eigenvalue weighted by atomic mass is 16.6. The van der Waals surface area contributed by atoms with Gasteiger partial charge in [0.25, 0.3) is 0 Å². The first-order chi connectivity index (χ1) is 16.8. The minimum absolute atomic E-state index is 0.150. The molecule has 1 unspecified atom stereocenters. The van der Waals surface area contributed by atoms with E-state index in [1.165, 1.54) is 5.57 Å². The highest BCUT2D eigenvalue weighted by molar-refractivity contribution is 5.86. The third kappa shape index (κ3) is 4.78. The molecule has 1 fully saturated rings. The zero-order valence-electron chi connectivity index (χ0n) is 20.1. The molecule has 35 heavy (non-hydrogen) atoms. The first-order valence-electron chi connectivity index (χ1n) is 11.8. The van der Waals surface area contributed by atoms with Gasteiger partial charge in [0.05, 0.1) is 5.52 Å². The number of piperidine rings is 1. The van der Waals surface area contributed by atoms with Crippen molar-refractivity contribution in [2.24, 2.45) is 5.92 Å². The summed E-state index contributed by atoms with van der Waals surface area (Å²) in [5, 5.41) is 21.3. The van der Waals surface area contributed by atoms with Gasteiger partial charge in [0.15, 0.2) is 17.3 Å². The summed E-state index contributed by atoms with van der Waals surface area (Å²) in [6.07, 6.45) is 8.61. The van der Waals surface area contributed by atoms with Gasteiger partial charge < -0.3 is 25.5 Å². The Hall–Kier alpha value is -3.68. The fourth-order valence-electron chi connectivity index (χ4n) is 4.46. The van der Waals surface area contributed by atoms with Crippen LogP contribution in [0.4, 0.5) is 5.82 Å². The summed E-state index contributed by atoms with van der Waals surface area (Å²) in [7, 11) is 0. The van der Waals surface area contributed by atoms with Crippen molar-refractivity contribution >= 4 is 16.9 Å². The van der Waals surface area contributed by atoms with Crippen molar-refractivity contribution in [3.63, 3.8) is 0 Å². The molecule has 0 radical (unpaired) electrons. The number of imidazole rings is 1. The van der Waals surface area contributed by atoms with Gasteiger partial charge in [-0.3, -0.25) is 0 Å². The first kappa shape index (κ1) is 23.1. The van der Waals surface area contributed by atoms with Gasteiger partial charge in [0, 0.05) is 25.2 Å². The molecule has 3 aromatic rings. The predicted molar refractivity (Wildman–Crippen MR) is 131 cm³/mol. The van der Waals surface area contributed by atoms with E-state index >= 15 is 0 Å². The van der Waals surface area contributed by atoms with Crippen LogP contribution in [-0.2, 0) is 6.54 Å². The number of fused-ring (bicyclic) bond motifs is 2. The highest BCUT2D eigenvalue weighted by Crippen LogP contribution is 2.31. The summed E-state index contributed by atoms with van der Waals surface area (Å²) in [4.78, 5) is 9.35. The van der Waals surface area contributed by atoms with E-state index in [0.717, 1.165) is 24.9 Å². The molecule has 1 saturated heterocycles. The molecule has 10 heteroatoms. The molecule has 2 atom stereocenters. The summed E-state index contributed by atoms with van der Waals surface area (Å²) in [5.74, 6) is 7.47. The largest absolute Gasteiger partial charge is 0.476 e. The Balaban J connectivity index is 1.50. The van der Waals surface area contributed by atoms with Gasteiger partial charge in [0.1, 0.15) is 23.4 Å². The predicted octanol–water partition coefficient (Wildman–Crippen LogP) is 2.45. The SMILES string of the molecule is CCn1c(-c2nonc2N)nc2c(C#CC(C)(C)O)nc(OC[C@@H]3CC4=CC=CCC4CN3)cc21. The van der Waals surface area contributed by atoms with Crippen LogP contribution < -0.4 is 15.8 Å². The summed E-state index contributed by atoms with van der Waals surface area (Å²) in [6, 6.07) is 2.04. The van der Waals surface area contributed by atoms with Gasteiger partial charge in [-0.05, 0) is 55.8 Å². The standard InChI is InChI=1S/C25H29N7O3/c1-4-32-19-12-20(34-14-17-11-15-7-5-6-8-16(15)13-27-17)28-18(9-10-25(2,3)33)21(19)29-24(32)22-23(26)31-35-30-22/h5-7,12,16-17,27,33H,4,8,11,13-14H2,1-3H3,(H2,26,31)/t16?,17-/m0/s1. The van der Waals surface area contributed by atoms with Crippen molar-refractivity contribution in [1.29, 1.82) is 0 Å². The molecular weight excluding hydrogens is 446 g/mol. The maximum absolute atomic E-state index is 10.2. The number of ether oxygens (including phenoxy) is 1. The van der Waals surface area contributed by atoms with Gasteiger partial charge in [-0.1, -0.05) is 29.7 Å². The zero-order chi connectivity index (χ0) is 24.6. The van der Waals surface area contributed by atoms with Crippen molar-refractivity contribution in [3.8, 4) is 29.2 Å². The first-order valence-corrected chi connectivity index (χ1v) is 11.8. The molecule has 0 saturated carbocycles. The topological polar surface area (TPSA) is 137 Å². The van der Waals surface area contributed by atoms with Crippen molar-refractivity contribution < 1.29 is 14.5 Å². The van der Waals surface area contributed by atoms with E-state index in [1.54, 1.807) is 13.8 Å². The molecule has 2 aliphatic rings. The summed E-state index contributed by atoms with van der Waals surface area (Å²) in [5.41, 5.74) is 8.30. The third-order valence-electron chi connectivity index (χ3n) is 6.20. The van der Waals surface area contributed by atoms with Crippen molar-refractivity contribution in [1.82, 2.24) is 30.2 Å². The molecule has 0 bridgehead atoms. The second kappa shape index (κ2) is 9.17. The van der Waals surface area contributed by atoms with E-state index in [1.807, 2.05) is 17.6 Å². The molecule has 10 nitrogen and oxygen atoms in total. The molecule has 4 N–H and O–H groups in total. The van der Waals surface area contributed by atoms with Crippen LogP contribution in [0.2, 0.25) is 0 Å². The smallest absolute Gasteiger partial charge is 0.216 e. The Bertz CT molecular complexity index is 1370. The van der Waals surface area contributed by atoms with Gasteiger partial charge >= 0.3 is 0 Å². The zero-order valence-corrected chi connectivity index (χ0v) is 20.1. The molecule has 3 aromatic heterocycles. The van der Waals surface area contributed by atoms with E-state index in [2.05, 4.69) is 50.7 Å². The number of nitrogens with one attached hydrogen (secondary N) is 1. The van der Waals surface area contributed by atoms with Crippen LogP contribution in [0.1, 0.15) is 39.3 Å². The van der Waals surface area contributed by atoms with Crippen LogP contribution in [0.15, 0.2) is 34.5 Å². The second-order valence-corrected chi connectivity index (χ2v) is 9.39. The van der Waals surface area contributed by atoms with E-state index in [9.17, 15) is 5.11 Å². The number of nitrogens with two attached hydrogens (primary N) is 1. The lowest BCUT2D eigenvalue weighted by Gasteiger charge is -2.33. The molecule has 0 spiro atoms. The number of nitrogens with zero attached hydrogens (tertiary/aromatic N) is 5. The maximum Gasteiger partial charge on any atom is 0.216 e. The van der Waals surface area contributed by atoms with Gasteiger partial charge in [0.2, 0.25) is 5.88 Å². The molecule has 0 aromatic carbocycles. The average molecular weight is 476 g/mol. The fraction of sp³-hybridized carbons (Fsp3) is 0.440. The summed E-state index contributed by atoms with van der Waals surface area (Å²) >= 11 is 0. The molecule has 5 rings (SSSR count). The van der Waals surface area contributed by atoms with Crippen molar-refractivity contribution in [2.45, 2.75) is 51.8 Å². The monoisotopic (exact) mass is 475 g/mol. The van der Waals surface area contributed by atoms with Crippen LogP contribution in [0.3, 0.4) is 0 Å². The molecular formula is C25H29N7O3. The summed E-state index contributed by atoms with van der Waals surface area (Å²) < 4.78 is 12.9. The van der Waals surface area contributed by atoms with Gasteiger partial charge in [-0.15, -0.1) is 0 Å². The number of aromatic nitrogens is 5. The number of aryl methyl sites for hydroxylation is 1. The van der Waals surface area contributed by atoms with Crippen molar-refractivity contribution in [3.05, 3.63) is 35.6 Å². The lowest BCUT2D eigenvalue weighted by atomic mass is 9.84. The minimum Gasteiger partial charge on any atom is -0.476 e. The van der Waals surface area contributed by atoms with Crippen LogP contribution in [0.25, 0.3) is 22.6 Å². The Labute approximate surface area is 203 Å². The van der Waals surface area contributed by atoms with Crippen molar-refractivity contribution in [2.75, 3.05) is 18.9 Å². The van der Waals surface area contributed by atoms with Crippen LogP contribution >= 0.6 is 0 Å². The molecule has 4 heterocycles. The minimum atomic E-state index is -1.19. The number of aliphatic hydroxyl groups is 1. The number of hydrogen-bond acceptors (Lipinski definition) is 9. The highest BCUT2D eigenvalue weighted by Gasteiger charge is 2.26. The van der Waals surface area contributed by atoms with E-state index in [0.29, 0.717) is 47.7 Å². The van der Waals surface area contributed by atoms with E-state index in [4.69, 9.17) is 20.1 Å².